The first kappa shape index (κ1) is 19.2. The van der Waals surface area contributed by atoms with Gasteiger partial charge >= 0.3 is 5.97 Å². The highest BCUT2D eigenvalue weighted by Crippen LogP contribution is 2.14. The van der Waals surface area contributed by atoms with Gasteiger partial charge in [-0.2, -0.15) is 0 Å². The zero-order valence-electron chi connectivity index (χ0n) is 14.9. The molecule has 26 heavy (non-hydrogen) atoms. The van der Waals surface area contributed by atoms with E-state index in [1.165, 1.54) is 0 Å². The largest absolute Gasteiger partial charge is 0.452 e. The summed E-state index contributed by atoms with van der Waals surface area (Å²) in [6.45, 7) is 3.22. The Morgan fingerprint density at radius 3 is 2.50 bits per heavy atom. The molecular weight excluding hydrogens is 332 g/mol. The highest BCUT2D eigenvalue weighted by atomic mass is 16.5. The number of aryl methyl sites for hydroxylation is 2. The van der Waals surface area contributed by atoms with Gasteiger partial charge in [0.15, 0.2) is 6.61 Å². The zero-order chi connectivity index (χ0) is 18.9. The number of rotatable bonds is 7. The Bertz CT molecular complexity index is 802. The fourth-order valence-corrected chi connectivity index (χ4v) is 2.36. The molecule has 0 heterocycles. The van der Waals surface area contributed by atoms with Crippen LogP contribution in [-0.4, -0.2) is 30.9 Å². The molecular formula is C20H22N2O4. The van der Waals surface area contributed by atoms with Crippen molar-refractivity contribution in [1.82, 2.24) is 5.32 Å². The summed E-state index contributed by atoms with van der Waals surface area (Å²) in [5.74, 6) is -1.46. The second-order valence-corrected chi connectivity index (χ2v) is 5.78. The Morgan fingerprint density at radius 2 is 1.77 bits per heavy atom. The number of anilines is 1. The minimum atomic E-state index is -0.579. The van der Waals surface area contributed by atoms with Crippen molar-refractivity contribution in [3.8, 4) is 0 Å². The van der Waals surface area contributed by atoms with Gasteiger partial charge in [0.25, 0.3) is 5.91 Å². The predicted octanol–water partition coefficient (Wildman–Crippen LogP) is 2.47. The van der Waals surface area contributed by atoms with Crippen molar-refractivity contribution in [3.63, 3.8) is 0 Å². The monoisotopic (exact) mass is 354 g/mol. The van der Waals surface area contributed by atoms with Crippen molar-refractivity contribution in [2.75, 3.05) is 18.5 Å². The minimum Gasteiger partial charge on any atom is -0.452 e. The molecule has 0 atom stereocenters. The van der Waals surface area contributed by atoms with Crippen LogP contribution in [0.3, 0.4) is 0 Å². The van der Waals surface area contributed by atoms with Crippen LogP contribution in [-0.2, 0) is 20.7 Å². The Labute approximate surface area is 152 Å². The molecule has 2 amide bonds. The average molecular weight is 354 g/mol. The maximum absolute atomic E-state index is 11.9. The van der Waals surface area contributed by atoms with Crippen molar-refractivity contribution in [2.24, 2.45) is 0 Å². The predicted molar refractivity (Wildman–Crippen MR) is 98.9 cm³/mol. The number of para-hydroxylation sites is 1. The maximum atomic E-state index is 11.9. The summed E-state index contributed by atoms with van der Waals surface area (Å²) in [5.41, 5.74) is 3.04. The first-order chi connectivity index (χ1) is 12.5. The Balaban J connectivity index is 1.76. The molecule has 0 radical (unpaired) electrons. The van der Waals surface area contributed by atoms with Gasteiger partial charge < -0.3 is 15.4 Å². The summed E-state index contributed by atoms with van der Waals surface area (Å²) < 4.78 is 4.95. The van der Waals surface area contributed by atoms with Crippen LogP contribution >= 0.6 is 0 Å². The molecule has 0 aromatic heterocycles. The van der Waals surface area contributed by atoms with Crippen LogP contribution in [0, 0.1) is 6.92 Å². The number of esters is 1. The SMILES string of the molecule is CCc1ccccc1NC(=O)CNC(=O)COC(=O)c1cccc(C)c1. The molecule has 2 N–H and O–H groups in total. The van der Waals surface area contributed by atoms with Gasteiger partial charge in [0.1, 0.15) is 0 Å². The molecule has 0 bridgehead atoms. The molecule has 6 heteroatoms. The van der Waals surface area contributed by atoms with Crippen LogP contribution < -0.4 is 10.6 Å². The molecule has 2 rings (SSSR count). The summed E-state index contributed by atoms with van der Waals surface area (Å²) in [6.07, 6.45) is 0.789. The van der Waals surface area contributed by atoms with Crippen LogP contribution in [0.2, 0.25) is 0 Å². The summed E-state index contributed by atoms with van der Waals surface area (Å²) in [6, 6.07) is 14.4. The third-order valence-corrected chi connectivity index (χ3v) is 3.71. The lowest BCUT2D eigenvalue weighted by molar-refractivity contribution is -0.126. The molecule has 0 aliphatic heterocycles. The number of carbonyl (C=O) groups is 3. The Kier molecular flexibility index (Phi) is 6.91. The first-order valence-electron chi connectivity index (χ1n) is 8.38. The van der Waals surface area contributed by atoms with E-state index in [-0.39, 0.29) is 12.5 Å². The van der Waals surface area contributed by atoms with E-state index < -0.39 is 18.5 Å². The molecule has 0 saturated heterocycles. The van der Waals surface area contributed by atoms with Crippen LogP contribution in [0.25, 0.3) is 0 Å². The molecule has 6 nitrogen and oxygen atoms in total. The molecule has 2 aromatic rings. The van der Waals surface area contributed by atoms with Gasteiger partial charge in [0, 0.05) is 5.69 Å². The highest BCUT2D eigenvalue weighted by Gasteiger charge is 2.12. The number of carbonyl (C=O) groups excluding carboxylic acids is 3. The molecule has 0 aliphatic rings. The number of ether oxygens (including phenoxy) is 1. The van der Waals surface area contributed by atoms with Gasteiger partial charge in [-0.15, -0.1) is 0 Å². The van der Waals surface area contributed by atoms with Crippen molar-refractivity contribution < 1.29 is 19.1 Å². The van der Waals surface area contributed by atoms with E-state index in [0.29, 0.717) is 5.56 Å². The maximum Gasteiger partial charge on any atom is 0.338 e. The Hall–Kier alpha value is -3.15. The van der Waals surface area contributed by atoms with E-state index in [4.69, 9.17) is 4.74 Å². The Morgan fingerprint density at radius 1 is 1.00 bits per heavy atom. The topological polar surface area (TPSA) is 84.5 Å². The van der Waals surface area contributed by atoms with Crippen LogP contribution in [0.4, 0.5) is 5.69 Å². The van der Waals surface area contributed by atoms with E-state index in [1.54, 1.807) is 18.2 Å². The normalized spacial score (nSPS) is 10.1. The number of hydrogen-bond acceptors (Lipinski definition) is 4. The molecule has 0 saturated carbocycles. The van der Waals surface area contributed by atoms with Crippen LogP contribution in [0.1, 0.15) is 28.4 Å². The van der Waals surface area contributed by atoms with E-state index in [2.05, 4.69) is 10.6 Å². The lowest BCUT2D eigenvalue weighted by Gasteiger charge is -2.10. The summed E-state index contributed by atoms with van der Waals surface area (Å²) in [4.78, 5) is 35.6. The van der Waals surface area contributed by atoms with Crippen molar-refractivity contribution in [2.45, 2.75) is 20.3 Å². The van der Waals surface area contributed by atoms with E-state index >= 15 is 0 Å². The van der Waals surface area contributed by atoms with Crippen LogP contribution in [0.15, 0.2) is 48.5 Å². The summed E-state index contributed by atoms with van der Waals surface area (Å²) in [7, 11) is 0. The van der Waals surface area contributed by atoms with E-state index in [0.717, 1.165) is 23.2 Å². The number of hydrogen-bond donors (Lipinski definition) is 2. The first-order valence-corrected chi connectivity index (χ1v) is 8.38. The quantitative estimate of drug-likeness (QED) is 0.748. The number of benzene rings is 2. The van der Waals surface area contributed by atoms with E-state index in [9.17, 15) is 14.4 Å². The smallest absolute Gasteiger partial charge is 0.338 e. The minimum absolute atomic E-state index is 0.196. The lowest BCUT2D eigenvalue weighted by atomic mass is 10.1. The number of amides is 2. The fourth-order valence-electron chi connectivity index (χ4n) is 2.36. The third kappa shape index (κ3) is 5.73. The van der Waals surface area contributed by atoms with Gasteiger partial charge in [-0.25, -0.2) is 4.79 Å². The highest BCUT2D eigenvalue weighted by molar-refractivity contribution is 5.96. The van der Waals surface area contributed by atoms with Crippen molar-refractivity contribution in [3.05, 3.63) is 65.2 Å². The second-order valence-electron chi connectivity index (χ2n) is 5.78. The molecule has 136 valence electrons. The van der Waals surface area contributed by atoms with E-state index in [1.807, 2.05) is 44.2 Å². The van der Waals surface area contributed by atoms with Gasteiger partial charge in [-0.3, -0.25) is 9.59 Å². The zero-order valence-corrected chi connectivity index (χ0v) is 14.9. The lowest BCUT2D eigenvalue weighted by Crippen LogP contribution is -2.35. The molecule has 0 spiro atoms. The van der Waals surface area contributed by atoms with Crippen molar-refractivity contribution >= 4 is 23.5 Å². The molecule has 2 aromatic carbocycles. The van der Waals surface area contributed by atoms with Gasteiger partial charge in [0.2, 0.25) is 5.91 Å². The number of nitrogens with one attached hydrogen (secondary N) is 2. The average Bonchev–Trinajstić information content (AvgIpc) is 2.64. The standard InChI is InChI=1S/C20H22N2O4/c1-3-15-8-4-5-10-17(15)22-18(23)12-21-19(24)13-26-20(25)16-9-6-7-14(2)11-16/h4-11H,3,12-13H2,1-2H3,(H,21,24)(H,22,23). The summed E-state index contributed by atoms with van der Waals surface area (Å²) in [5, 5.41) is 5.18. The van der Waals surface area contributed by atoms with Gasteiger partial charge in [0.05, 0.1) is 12.1 Å². The molecule has 0 fully saturated rings. The van der Waals surface area contributed by atoms with Crippen molar-refractivity contribution in [1.29, 1.82) is 0 Å². The van der Waals surface area contributed by atoms with Gasteiger partial charge in [-0.1, -0.05) is 42.8 Å². The molecule has 0 aliphatic carbocycles. The second kappa shape index (κ2) is 9.36. The van der Waals surface area contributed by atoms with Gasteiger partial charge in [-0.05, 0) is 37.1 Å². The fraction of sp³-hybridized carbons (Fsp3) is 0.250. The summed E-state index contributed by atoms with van der Waals surface area (Å²) >= 11 is 0. The molecule has 0 unspecified atom stereocenters. The van der Waals surface area contributed by atoms with Crippen LogP contribution in [0.5, 0.6) is 0 Å². The third-order valence-electron chi connectivity index (χ3n) is 3.71.